The first-order chi connectivity index (χ1) is 20.3. The molecule has 0 spiro atoms. The van der Waals surface area contributed by atoms with Gasteiger partial charge in [0.15, 0.2) is 0 Å². The summed E-state index contributed by atoms with van der Waals surface area (Å²) >= 11 is 0. The second kappa shape index (κ2) is 9.06. The highest BCUT2D eigenvalue weighted by atomic mass is 16.7. The highest BCUT2D eigenvalue weighted by molar-refractivity contribution is 6.62. The Kier molecular flexibility index (Phi) is 5.47. The van der Waals surface area contributed by atoms with E-state index in [1.165, 1.54) is 32.7 Å². The van der Waals surface area contributed by atoms with Gasteiger partial charge in [0.05, 0.1) is 11.2 Å². The molecule has 7 aromatic rings. The van der Waals surface area contributed by atoms with Crippen LogP contribution in [0.3, 0.4) is 0 Å². The van der Waals surface area contributed by atoms with E-state index < -0.39 is 7.12 Å². The van der Waals surface area contributed by atoms with Crippen LogP contribution in [0.2, 0.25) is 0 Å². The van der Waals surface area contributed by atoms with Gasteiger partial charge >= 0.3 is 7.12 Å². The van der Waals surface area contributed by atoms with Crippen LogP contribution in [-0.4, -0.2) is 18.3 Å². The van der Waals surface area contributed by atoms with E-state index in [1.807, 2.05) is 12.1 Å². The standard InChI is InChI=1S/C38H31BO3/c1-37(2)38(3,4)42-39(41-37)25-22-20-24(21-23-25)34-29-15-7-5-12-26(29)27-13-6-8-16-30(27)35(34)32-18-11-17-31-28-14-9-10-19-33(28)40-36(31)32/h5-23H,1-4H3. The lowest BCUT2D eigenvalue weighted by Crippen LogP contribution is -2.41. The van der Waals surface area contributed by atoms with Crippen LogP contribution in [0.4, 0.5) is 0 Å². The van der Waals surface area contributed by atoms with E-state index in [-0.39, 0.29) is 11.2 Å². The predicted molar refractivity (Wildman–Crippen MR) is 175 cm³/mol. The van der Waals surface area contributed by atoms with Gasteiger partial charge in [-0.25, -0.2) is 0 Å². The molecule has 2 heterocycles. The van der Waals surface area contributed by atoms with Gasteiger partial charge in [-0.2, -0.15) is 0 Å². The van der Waals surface area contributed by atoms with E-state index in [2.05, 4.69) is 131 Å². The zero-order valence-corrected chi connectivity index (χ0v) is 24.3. The maximum atomic E-state index is 6.58. The van der Waals surface area contributed by atoms with Gasteiger partial charge in [0.1, 0.15) is 11.2 Å². The van der Waals surface area contributed by atoms with Crippen LogP contribution in [0, 0.1) is 0 Å². The summed E-state index contributed by atoms with van der Waals surface area (Å²) in [4.78, 5) is 0. The number of hydrogen-bond acceptors (Lipinski definition) is 3. The Morgan fingerprint density at radius 3 is 1.64 bits per heavy atom. The Labute approximate surface area is 245 Å². The van der Waals surface area contributed by atoms with E-state index in [4.69, 9.17) is 13.7 Å². The van der Waals surface area contributed by atoms with Crippen LogP contribution in [0.5, 0.6) is 0 Å². The molecule has 1 aliphatic rings. The molecular formula is C38H31BO3. The lowest BCUT2D eigenvalue weighted by atomic mass is 9.77. The van der Waals surface area contributed by atoms with Gasteiger partial charge in [-0.1, -0.05) is 109 Å². The molecule has 0 unspecified atom stereocenters. The Morgan fingerprint density at radius 2 is 1.00 bits per heavy atom. The van der Waals surface area contributed by atoms with Crippen LogP contribution >= 0.6 is 0 Å². The fourth-order valence-electron chi connectivity index (χ4n) is 6.45. The molecule has 4 heteroatoms. The molecule has 3 nitrogen and oxygen atoms in total. The summed E-state index contributed by atoms with van der Waals surface area (Å²) in [6.45, 7) is 8.36. The second-order valence-electron chi connectivity index (χ2n) is 12.3. The monoisotopic (exact) mass is 546 g/mol. The fourth-order valence-corrected chi connectivity index (χ4v) is 6.45. The summed E-state index contributed by atoms with van der Waals surface area (Å²) in [6, 6.07) is 40.9. The third-order valence-corrected chi connectivity index (χ3v) is 9.33. The van der Waals surface area contributed by atoms with Gasteiger partial charge in [-0.3, -0.25) is 0 Å². The van der Waals surface area contributed by atoms with Gasteiger partial charge in [0, 0.05) is 21.9 Å². The number of benzene rings is 6. The molecule has 1 saturated heterocycles. The summed E-state index contributed by atoms with van der Waals surface area (Å²) in [5.74, 6) is 0. The molecule has 0 amide bonds. The van der Waals surface area contributed by atoms with E-state index in [0.717, 1.165) is 38.5 Å². The molecule has 8 rings (SSSR count). The molecule has 0 aliphatic carbocycles. The summed E-state index contributed by atoms with van der Waals surface area (Å²) in [7, 11) is -0.402. The van der Waals surface area contributed by atoms with Gasteiger partial charge < -0.3 is 13.7 Å². The van der Waals surface area contributed by atoms with Crippen LogP contribution in [0.1, 0.15) is 27.7 Å². The number of hydrogen-bond donors (Lipinski definition) is 0. The molecule has 1 fully saturated rings. The first-order valence-corrected chi connectivity index (χ1v) is 14.6. The average Bonchev–Trinajstić information content (AvgIpc) is 3.49. The highest BCUT2D eigenvalue weighted by Gasteiger charge is 2.51. The van der Waals surface area contributed by atoms with Crippen molar-refractivity contribution in [1.82, 2.24) is 0 Å². The summed E-state index contributed by atoms with van der Waals surface area (Å²) in [5.41, 5.74) is 6.66. The van der Waals surface area contributed by atoms with E-state index >= 15 is 0 Å². The zero-order valence-electron chi connectivity index (χ0n) is 24.3. The first kappa shape index (κ1) is 25.3. The molecular weight excluding hydrogens is 515 g/mol. The Morgan fingerprint density at radius 1 is 0.476 bits per heavy atom. The van der Waals surface area contributed by atoms with Crippen LogP contribution in [-0.2, 0) is 9.31 Å². The van der Waals surface area contributed by atoms with Crippen molar-refractivity contribution in [2.24, 2.45) is 0 Å². The van der Waals surface area contributed by atoms with Gasteiger partial charge in [-0.05, 0) is 71.9 Å². The largest absolute Gasteiger partial charge is 0.494 e. The lowest BCUT2D eigenvalue weighted by Gasteiger charge is -2.32. The maximum Gasteiger partial charge on any atom is 0.494 e. The van der Waals surface area contributed by atoms with Crippen molar-refractivity contribution in [2.75, 3.05) is 0 Å². The van der Waals surface area contributed by atoms with Crippen molar-refractivity contribution in [3.63, 3.8) is 0 Å². The van der Waals surface area contributed by atoms with Crippen LogP contribution in [0.15, 0.2) is 120 Å². The second-order valence-corrected chi connectivity index (χ2v) is 12.3. The summed E-state index contributed by atoms with van der Waals surface area (Å²) in [6.07, 6.45) is 0. The normalized spacial score (nSPS) is 16.2. The Hall–Kier alpha value is -4.38. The fraction of sp³-hybridized carbons (Fsp3) is 0.158. The molecule has 42 heavy (non-hydrogen) atoms. The van der Waals surface area contributed by atoms with Crippen molar-refractivity contribution in [3.8, 4) is 22.3 Å². The van der Waals surface area contributed by atoms with Crippen molar-refractivity contribution >= 4 is 56.1 Å². The van der Waals surface area contributed by atoms with Crippen molar-refractivity contribution in [1.29, 1.82) is 0 Å². The summed E-state index contributed by atoms with van der Waals surface area (Å²) < 4.78 is 19.3. The van der Waals surface area contributed by atoms with Crippen molar-refractivity contribution < 1.29 is 13.7 Å². The highest BCUT2D eigenvalue weighted by Crippen LogP contribution is 2.47. The SMILES string of the molecule is CC1(C)OB(c2ccc(-c3c(-c4cccc5c4oc4ccccc45)c4ccccc4c4ccccc34)cc2)OC1(C)C. The molecule has 0 bridgehead atoms. The van der Waals surface area contributed by atoms with Gasteiger partial charge in [-0.15, -0.1) is 0 Å². The molecule has 0 atom stereocenters. The smallest absolute Gasteiger partial charge is 0.455 e. The van der Waals surface area contributed by atoms with Crippen molar-refractivity contribution in [3.05, 3.63) is 115 Å². The molecule has 0 radical (unpaired) electrons. The minimum Gasteiger partial charge on any atom is -0.455 e. The number of rotatable bonds is 3. The summed E-state index contributed by atoms with van der Waals surface area (Å²) in [5, 5.41) is 7.14. The topological polar surface area (TPSA) is 31.6 Å². The van der Waals surface area contributed by atoms with Crippen molar-refractivity contribution in [2.45, 2.75) is 38.9 Å². The van der Waals surface area contributed by atoms with E-state index in [9.17, 15) is 0 Å². The van der Waals surface area contributed by atoms with Crippen LogP contribution < -0.4 is 5.46 Å². The van der Waals surface area contributed by atoms with Gasteiger partial charge in [0.2, 0.25) is 0 Å². The minimum atomic E-state index is -0.402. The van der Waals surface area contributed by atoms with E-state index in [1.54, 1.807) is 0 Å². The van der Waals surface area contributed by atoms with Gasteiger partial charge in [0.25, 0.3) is 0 Å². The average molecular weight is 546 g/mol. The third kappa shape index (κ3) is 3.69. The lowest BCUT2D eigenvalue weighted by molar-refractivity contribution is 0.00578. The Balaban J connectivity index is 1.41. The maximum absolute atomic E-state index is 6.58. The molecule has 0 saturated carbocycles. The minimum absolute atomic E-state index is 0.386. The number of para-hydroxylation sites is 2. The number of furan rings is 1. The number of fused-ring (bicyclic) bond motifs is 6. The quantitative estimate of drug-likeness (QED) is 0.163. The first-order valence-electron chi connectivity index (χ1n) is 14.6. The molecule has 1 aliphatic heterocycles. The third-order valence-electron chi connectivity index (χ3n) is 9.33. The zero-order chi connectivity index (χ0) is 28.6. The Bertz CT molecular complexity index is 2140. The molecule has 204 valence electrons. The molecule has 1 aromatic heterocycles. The molecule has 0 N–H and O–H groups in total. The van der Waals surface area contributed by atoms with Crippen LogP contribution in [0.25, 0.3) is 65.7 Å². The predicted octanol–water partition coefficient (Wildman–Crippen LogP) is 9.53. The molecule has 6 aromatic carbocycles. The van der Waals surface area contributed by atoms with E-state index in [0.29, 0.717) is 0 Å².